The zero-order valence-electron chi connectivity index (χ0n) is 15.4. The minimum Gasteiger partial charge on any atom is -0.350 e. The van der Waals surface area contributed by atoms with Crippen molar-refractivity contribution in [2.75, 3.05) is 13.6 Å². The maximum atomic E-state index is 13.3. The van der Waals surface area contributed by atoms with Crippen molar-refractivity contribution >= 4 is 5.91 Å². The van der Waals surface area contributed by atoms with Gasteiger partial charge in [-0.05, 0) is 50.6 Å². The van der Waals surface area contributed by atoms with Crippen LogP contribution in [0.3, 0.4) is 0 Å². The van der Waals surface area contributed by atoms with Crippen LogP contribution in [0.4, 0.5) is 4.39 Å². The summed E-state index contributed by atoms with van der Waals surface area (Å²) in [5.74, 6) is -0.280. The van der Waals surface area contributed by atoms with Crippen molar-refractivity contribution < 1.29 is 9.18 Å². The van der Waals surface area contributed by atoms with Crippen molar-refractivity contribution in [1.29, 1.82) is 0 Å². The molecule has 0 aromatic heterocycles. The van der Waals surface area contributed by atoms with Crippen LogP contribution in [0.5, 0.6) is 0 Å². The van der Waals surface area contributed by atoms with Crippen LogP contribution in [0.2, 0.25) is 0 Å². The van der Waals surface area contributed by atoms with Gasteiger partial charge in [0.15, 0.2) is 0 Å². The normalized spacial score (nSPS) is 12.9. The maximum Gasteiger partial charge on any atom is 0.234 e. The fraction of sp³-hybridized carbons (Fsp3) is 0.381. The molecule has 0 aliphatic carbocycles. The molecule has 0 saturated heterocycles. The molecule has 1 unspecified atom stereocenters. The molecular weight excluding hydrogens is 315 g/mol. The molecule has 0 bridgehead atoms. The van der Waals surface area contributed by atoms with Crippen LogP contribution < -0.4 is 5.32 Å². The highest BCUT2D eigenvalue weighted by Gasteiger charge is 2.24. The van der Waals surface area contributed by atoms with E-state index in [0.29, 0.717) is 0 Å². The van der Waals surface area contributed by atoms with E-state index in [1.165, 1.54) is 12.1 Å². The molecule has 0 saturated carbocycles. The van der Waals surface area contributed by atoms with Crippen molar-refractivity contribution in [3.8, 4) is 0 Å². The van der Waals surface area contributed by atoms with Gasteiger partial charge in [-0.15, -0.1) is 0 Å². The molecule has 0 aliphatic rings. The summed E-state index contributed by atoms with van der Waals surface area (Å²) in [6, 6.07) is 16.3. The van der Waals surface area contributed by atoms with Gasteiger partial charge in [-0.1, -0.05) is 49.4 Å². The molecule has 0 fully saturated rings. The molecule has 25 heavy (non-hydrogen) atoms. The second kappa shape index (κ2) is 8.26. The van der Waals surface area contributed by atoms with Gasteiger partial charge in [0.25, 0.3) is 0 Å². The zero-order valence-corrected chi connectivity index (χ0v) is 15.4. The number of hydrogen-bond donors (Lipinski definition) is 1. The Bertz CT molecular complexity index is 683. The molecule has 0 heterocycles. The van der Waals surface area contributed by atoms with Gasteiger partial charge < -0.3 is 5.32 Å². The fourth-order valence-corrected chi connectivity index (χ4v) is 2.80. The van der Waals surface area contributed by atoms with E-state index >= 15 is 0 Å². The molecule has 0 radical (unpaired) electrons. The Hall–Kier alpha value is -2.20. The van der Waals surface area contributed by atoms with Gasteiger partial charge in [0.05, 0.1) is 12.6 Å². The largest absolute Gasteiger partial charge is 0.350 e. The summed E-state index contributed by atoms with van der Waals surface area (Å²) in [5, 5.41) is 3.06. The Balaban J connectivity index is 2.23. The molecule has 1 atom stereocenters. The molecule has 1 amide bonds. The van der Waals surface area contributed by atoms with E-state index in [1.807, 2.05) is 56.1 Å². The van der Waals surface area contributed by atoms with Gasteiger partial charge in [-0.2, -0.15) is 0 Å². The zero-order chi connectivity index (χ0) is 18.4. The summed E-state index contributed by atoms with van der Waals surface area (Å²) in [5.41, 5.74) is 1.80. The summed E-state index contributed by atoms with van der Waals surface area (Å²) in [6.07, 6.45) is 0.864. The summed E-state index contributed by atoms with van der Waals surface area (Å²) in [4.78, 5) is 14.4. The van der Waals surface area contributed by atoms with Crippen LogP contribution in [0.15, 0.2) is 54.6 Å². The van der Waals surface area contributed by atoms with E-state index < -0.39 is 0 Å². The third-order valence-corrected chi connectivity index (χ3v) is 4.50. The van der Waals surface area contributed by atoms with Crippen molar-refractivity contribution in [3.63, 3.8) is 0 Å². The number of likely N-dealkylation sites (N-methyl/N-ethyl adjacent to an activating group) is 1. The lowest BCUT2D eigenvalue weighted by atomic mass is 9.97. The quantitative estimate of drug-likeness (QED) is 0.820. The van der Waals surface area contributed by atoms with Crippen LogP contribution in [0.25, 0.3) is 0 Å². The predicted molar refractivity (Wildman–Crippen MR) is 99.8 cm³/mol. The Labute approximate surface area is 149 Å². The Morgan fingerprint density at radius 1 is 1.08 bits per heavy atom. The van der Waals surface area contributed by atoms with Gasteiger partial charge in [0.2, 0.25) is 5.91 Å². The molecule has 0 spiro atoms. The number of carbonyl (C=O) groups is 1. The third kappa shape index (κ3) is 5.40. The van der Waals surface area contributed by atoms with Crippen molar-refractivity contribution in [3.05, 3.63) is 71.5 Å². The first-order valence-electron chi connectivity index (χ1n) is 8.64. The van der Waals surface area contributed by atoms with E-state index in [4.69, 9.17) is 0 Å². The molecule has 2 aromatic carbocycles. The average Bonchev–Trinajstić information content (AvgIpc) is 2.57. The number of nitrogens with one attached hydrogen (secondary N) is 1. The third-order valence-electron chi connectivity index (χ3n) is 4.50. The summed E-state index contributed by atoms with van der Waals surface area (Å²) >= 11 is 0. The summed E-state index contributed by atoms with van der Waals surface area (Å²) in [6.45, 7) is 6.34. The molecule has 0 aliphatic heterocycles. The van der Waals surface area contributed by atoms with E-state index in [1.54, 1.807) is 12.1 Å². The topological polar surface area (TPSA) is 32.3 Å². The second-order valence-corrected chi connectivity index (χ2v) is 7.07. The van der Waals surface area contributed by atoms with Gasteiger partial charge in [0.1, 0.15) is 5.82 Å². The van der Waals surface area contributed by atoms with E-state index in [0.717, 1.165) is 17.5 Å². The second-order valence-electron chi connectivity index (χ2n) is 7.07. The number of carbonyl (C=O) groups excluding carboxylic acids is 1. The molecule has 2 aromatic rings. The lowest BCUT2D eigenvalue weighted by Gasteiger charge is -2.31. The minimum atomic E-state index is -0.263. The van der Waals surface area contributed by atoms with Crippen LogP contribution in [-0.4, -0.2) is 29.9 Å². The Morgan fingerprint density at radius 2 is 1.64 bits per heavy atom. The highest BCUT2D eigenvalue weighted by molar-refractivity contribution is 5.78. The number of hydrogen-bond acceptors (Lipinski definition) is 2. The molecule has 134 valence electrons. The van der Waals surface area contributed by atoms with Crippen molar-refractivity contribution in [2.24, 2.45) is 0 Å². The molecule has 3 nitrogen and oxygen atoms in total. The predicted octanol–water partition coefficient (Wildman–Crippen LogP) is 4.15. The van der Waals surface area contributed by atoms with E-state index in [-0.39, 0.29) is 29.8 Å². The van der Waals surface area contributed by atoms with Crippen LogP contribution in [0.1, 0.15) is 44.4 Å². The SMILES string of the molecule is CCC(C)(C)NC(=O)CN(C)C(c1ccccc1)c1ccc(F)cc1. The number of rotatable bonds is 7. The number of nitrogens with zero attached hydrogens (tertiary/aromatic N) is 1. The van der Waals surface area contributed by atoms with E-state index in [2.05, 4.69) is 12.2 Å². The maximum absolute atomic E-state index is 13.3. The minimum absolute atomic E-state index is 0.0163. The van der Waals surface area contributed by atoms with Gasteiger partial charge in [-0.3, -0.25) is 9.69 Å². The molecule has 4 heteroatoms. The van der Waals surface area contributed by atoms with Crippen molar-refractivity contribution in [2.45, 2.75) is 38.8 Å². The first-order valence-corrected chi connectivity index (χ1v) is 8.64. The number of benzene rings is 2. The van der Waals surface area contributed by atoms with Crippen LogP contribution >= 0.6 is 0 Å². The smallest absolute Gasteiger partial charge is 0.234 e. The monoisotopic (exact) mass is 342 g/mol. The number of halogens is 1. The van der Waals surface area contributed by atoms with Crippen LogP contribution in [0, 0.1) is 5.82 Å². The Morgan fingerprint density at radius 3 is 2.20 bits per heavy atom. The van der Waals surface area contributed by atoms with Crippen LogP contribution in [-0.2, 0) is 4.79 Å². The first-order chi connectivity index (χ1) is 11.8. The first kappa shape index (κ1) is 19.1. The fourth-order valence-electron chi connectivity index (χ4n) is 2.80. The van der Waals surface area contributed by atoms with Crippen molar-refractivity contribution in [1.82, 2.24) is 10.2 Å². The highest BCUT2D eigenvalue weighted by Crippen LogP contribution is 2.27. The standard InChI is InChI=1S/C21H27FN2O/c1-5-21(2,3)23-19(25)15-24(4)20(16-9-7-6-8-10-16)17-11-13-18(22)14-12-17/h6-14,20H,5,15H2,1-4H3,(H,23,25). The molecule has 1 N–H and O–H groups in total. The highest BCUT2D eigenvalue weighted by atomic mass is 19.1. The van der Waals surface area contributed by atoms with Gasteiger partial charge in [0, 0.05) is 5.54 Å². The van der Waals surface area contributed by atoms with Gasteiger partial charge in [-0.25, -0.2) is 4.39 Å². The number of amides is 1. The average molecular weight is 342 g/mol. The van der Waals surface area contributed by atoms with E-state index in [9.17, 15) is 9.18 Å². The summed E-state index contributed by atoms with van der Waals surface area (Å²) in [7, 11) is 1.92. The Kier molecular flexibility index (Phi) is 6.32. The van der Waals surface area contributed by atoms with Gasteiger partial charge >= 0.3 is 0 Å². The lowest BCUT2D eigenvalue weighted by Crippen LogP contribution is -2.47. The molecular formula is C21H27FN2O. The molecule has 2 rings (SSSR count). The lowest BCUT2D eigenvalue weighted by molar-refractivity contribution is -0.123. The summed E-state index contributed by atoms with van der Waals surface area (Å²) < 4.78 is 13.3.